The van der Waals surface area contributed by atoms with Gasteiger partial charge in [0.15, 0.2) is 0 Å². The third kappa shape index (κ3) is 5.01. The summed E-state index contributed by atoms with van der Waals surface area (Å²) in [5, 5.41) is 8.78. The van der Waals surface area contributed by atoms with Crippen molar-refractivity contribution in [3.63, 3.8) is 0 Å². The van der Waals surface area contributed by atoms with Crippen molar-refractivity contribution in [1.82, 2.24) is 24.9 Å². The maximum absolute atomic E-state index is 13.2. The van der Waals surface area contributed by atoms with Gasteiger partial charge in [-0.3, -0.25) is 24.4 Å². The second kappa shape index (κ2) is 10.8. The maximum atomic E-state index is 13.2. The molecule has 0 spiro atoms. The lowest BCUT2D eigenvalue weighted by atomic mass is 9.94. The molecule has 1 fully saturated rings. The highest BCUT2D eigenvalue weighted by Crippen LogP contribution is 2.38. The first-order valence-electron chi connectivity index (χ1n) is 13.9. The second-order valence-electron chi connectivity index (χ2n) is 11.0. The lowest BCUT2D eigenvalue weighted by Crippen LogP contribution is -2.47. The molecule has 0 aliphatic carbocycles. The number of piperazine rings is 1. The van der Waals surface area contributed by atoms with Crippen molar-refractivity contribution >= 4 is 34.3 Å². The lowest BCUT2D eigenvalue weighted by Gasteiger charge is -2.34. The van der Waals surface area contributed by atoms with Crippen LogP contribution in [0.15, 0.2) is 66.7 Å². The first-order chi connectivity index (χ1) is 20.2. The molecular formula is C32H33N7O3. The molecule has 3 amide bonds. The summed E-state index contributed by atoms with van der Waals surface area (Å²) >= 11 is 0. The number of H-pyrrole nitrogens is 1. The Morgan fingerprint density at radius 3 is 2.55 bits per heavy atom. The molecule has 0 unspecified atom stereocenters. The van der Waals surface area contributed by atoms with Crippen molar-refractivity contribution in [3.05, 3.63) is 83.4 Å². The fourth-order valence-electron chi connectivity index (χ4n) is 5.91. The molecule has 0 radical (unpaired) electrons. The number of primary amides is 1. The van der Waals surface area contributed by atoms with Gasteiger partial charge in [-0.1, -0.05) is 36.9 Å². The Balaban J connectivity index is 1.29. The summed E-state index contributed by atoms with van der Waals surface area (Å²) in [6, 6.07) is 18.2. The number of anilines is 1. The van der Waals surface area contributed by atoms with Crippen LogP contribution < -0.4 is 11.5 Å². The van der Waals surface area contributed by atoms with E-state index in [9.17, 15) is 14.4 Å². The predicted octanol–water partition coefficient (Wildman–Crippen LogP) is 3.14. The Morgan fingerprint density at radius 1 is 1.02 bits per heavy atom. The van der Waals surface area contributed by atoms with Crippen LogP contribution in [0, 0.1) is 0 Å². The standard InChI is InChI=1S/C32H33N7O3/c1-19(31(34)41)16-39-18-26-24(7-8-27(33)29(26)32(39)42)22-6-9-28-25(15-22)30(36-35-28)23-5-3-4-21(14-23)17-37-10-12-38(13-11-37)20(2)40/h3-9,14-15H,1,10-13,16-18,33H2,2H3,(H2,34,41)(H,35,36). The quantitative estimate of drug-likeness (QED) is 0.233. The fraction of sp³-hybridized carbons (Fsp3) is 0.250. The van der Waals surface area contributed by atoms with Gasteiger partial charge in [-0.15, -0.1) is 0 Å². The number of nitrogens with one attached hydrogen (secondary N) is 1. The second-order valence-corrected chi connectivity index (χ2v) is 11.0. The number of fused-ring (bicyclic) bond motifs is 2. The van der Waals surface area contributed by atoms with Crippen molar-refractivity contribution in [2.24, 2.45) is 5.73 Å². The number of nitrogens with two attached hydrogens (primary N) is 2. The monoisotopic (exact) mass is 563 g/mol. The molecule has 1 aromatic heterocycles. The van der Waals surface area contributed by atoms with E-state index in [0.717, 1.165) is 71.6 Å². The number of carbonyl (C=O) groups is 3. The number of amides is 3. The molecule has 6 rings (SSSR count). The summed E-state index contributed by atoms with van der Waals surface area (Å²) in [5.74, 6) is -0.746. The van der Waals surface area contributed by atoms with E-state index in [0.29, 0.717) is 17.8 Å². The summed E-state index contributed by atoms with van der Waals surface area (Å²) in [5.41, 5.74) is 19.2. The van der Waals surface area contributed by atoms with Crippen LogP contribution in [0.5, 0.6) is 0 Å². The Hall–Kier alpha value is -4.96. The number of carbonyl (C=O) groups excluding carboxylic acids is 3. The van der Waals surface area contributed by atoms with E-state index >= 15 is 0 Å². The minimum atomic E-state index is -0.635. The highest BCUT2D eigenvalue weighted by Gasteiger charge is 2.32. The van der Waals surface area contributed by atoms with Gasteiger partial charge in [-0.2, -0.15) is 5.10 Å². The molecule has 10 heteroatoms. The Kier molecular flexibility index (Phi) is 6.99. The van der Waals surface area contributed by atoms with Crippen LogP contribution in [0.3, 0.4) is 0 Å². The molecule has 0 saturated carbocycles. The molecule has 0 atom stereocenters. The normalized spacial score (nSPS) is 15.3. The van der Waals surface area contributed by atoms with Crippen molar-refractivity contribution in [2.45, 2.75) is 20.0 Å². The van der Waals surface area contributed by atoms with Gasteiger partial charge in [-0.05, 0) is 46.5 Å². The van der Waals surface area contributed by atoms with Crippen LogP contribution in [-0.2, 0) is 22.7 Å². The minimum Gasteiger partial charge on any atom is -0.398 e. The molecule has 10 nitrogen and oxygen atoms in total. The average molecular weight is 564 g/mol. The molecule has 2 aliphatic rings. The maximum Gasteiger partial charge on any atom is 0.256 e. The van der Waals surface area contributed by atoms with Crippen LogP contribution in [0.4, 0.5) is 5.69 Å². The summed E-state index contributed by atoms with van der Waals surface area (Å²) in [4.78, 5) is 42.2. The van der Waals surface area contributed by atoms with Crippen LogP contribution in [0.25, 0.3) is 33.3 Å². The zero-order valence-corrected chi connectivity index (χ0v) is 23.5. The number of hydrogen-bond acceptors (Lipinski definition) is 6. The van der Waals surface area contributed by atoms with Crippen molar-refractivity contribution < 1.29 is 14.4 Å². The molecule has 4 aromatic rings. The van der Waals surface area contributed by atoms with E-state index in [1.807, 2.05) is 29.2 Å². The van der Waals surface area contributed by atoms with Gasteiger partial charge in [0.1, 0.15) is 0 Å². The van der Waals surface area contributed by atoms with Crippen LogP contribution in [0.1, 0.15) is 28.4 Å². The molecule has 2 aliphatic heterocycles. The van der Waals surface area contributed by atoms with E-state index in [2.05, 4.69) is 45.9 Å². The van der Waals surface area contributed by atoms with Crippen molar-refractivity contribution in [2.75, 3.05) is 38.5 Å². The van der Waals surface area contributed by atoms with Gasteiger partial charge in [-0.25, -0.2) is 0 Å². The highest BCUT2D eigenvalue weighted by atomic mass is 16.2. The minimum absolute atomic E-state index is 0.0510. The van der Waals surface area contributed by atoms with Gasteiger partial charge < -0.3 is 21.3 Å². The molecule has 3 aromatic carbocycles. The van der Waals surface area contributed by atoms with Crippen LogP contribution >= 0.6 is 0 Å². The van der Waals surface area contributed by atoms with Crippen molar-refractivity contribution in [3.8, 4) is 22.4 Å². The van der Waals surface area contributed by atoms with E-state index in [4.69, 9.17) is 11.5 Å². The number of nitrogens with zero attached hydrogens (tertiary/aromatic N) is 4. The average Bonchev–Trinajstić information content (AvgIpc) is 3.54. The smallest absolute Gasteiger partial charge is 0.256 e. The SMILES string of the molecule is C=C(CN1Cc2c(-c3ccc4[nH]nc(-c5cccc(CN6CCN(C(C)=O)CC6)c5)c4c3)ccc(N)c2C1=O)C(N)=O. The van der Waals surface area contributed by atoms with Crippen LogP contribution in [-0.4, -0.2) is 75.3 Å². The van der Waals surface area contributed by atoms with Crippen LogP contribution in [0.2, 0.25) is 0 Å². The summed E-state index contributed by atoms with van der Waals surface area (Å²) in [7, 11) is 0. The molecule has 42 heavy (non-hydrogen) atoms. The topological polar surface area (TPSA) is 142 Å². The zero-order chi connectivity index (χ0) is 29.5. The van der Waals surface area contributed by atoms with Gasteiger partial charge >= 0.3 is 0 Å². The molecule has 3 heterocycles. The predicted molar refractivity (Wildman–Crippen MR) is 162 cm³/mol. The molecule has 0 bridgehead atoms. The van der Waals surface area contributed by atoms with E-state index in [1.165, 1.54) is 5.56 Å². The number of rotatable bonds is 7. The van der Waals surface area contributed by atoms with Gasteiger partial charge in [0.2, 0.25) is 11.8 Å². The Morgan fingerprint density at radius 2 is 1.81 bits per heavy atom. The van der Waals surface area contributed by atoms with E-state index < -0.39 is 5.91 Å². The Labute approximate surface area is 243 Å². The van der Waals surface area contributed by atoms with Gasteiger partial charge in [0.25, 0.3) is 5.91 Å². The summed E-state index contributed by atoms with van der Waals surface area (Å²) in [6.45, 7) is 9.68. The van der Waals surface area contributed by atoms with E-state index in [1.54, 1.807) is 17.9 Å². The zero-order valence-electron chi connectivity index (χ0n) is 23.5. The summed E-state index contributed by atoms with van der Waals surface area (Å²) in [6.07, 6.45) is 0. The van der Waals surface area contributed by atoms with Gasteiger partial charge in [0, 0.05) is 68.4 Å². The lowest BCUT2D eigenvalue weighted by molar-refractivity contribution is -0.130. The molecule has 214 valence electrons. The van der Waals surface area contributed by atoms with E-state index in [-0.39, 0.29) is 23.9 Å². The highest BCUT2D eigenvalue weighted by molar-refractivity contribution is 6.06. The number of aromatic nitrogens is 2. The number of aromatic amines is 1. The number of nitrogen functional groups attached to an aromatic ring is 1. The molecular weight excluding hydrogens is 530 g/mol. The fourth-order valence-corrected chi connectivity index (χ4v) is 5.91. The largest absolute Gasteiger partial charge is 0.398 e. The first kappa shape index (κ1) is 27.2. The third-order valence-corrected chi connectivity index (χ3v) is 8.22. The van der Waals surface area contributed by atoms with Crippen molar-refractivity contribution in [1.29, 1.82) is 0 Å². The number of benzene rings is 3. The summed E-state index contributed by atoms with van der Waals surface area (Å²) < 4.78 is 0. The Bertz CT molecular complexity index is 1750. The molecule has 1 saturated heterocycles. The first-order valence-corrected chi connectivity index (χ1v) is 13.9. The molecule has 5 N–H and O–H groups in total. The van der Waals surface area contributed by atoms with Gasteiger partial charge in [0.05, 0.1) is 23.3 Å². The third-order valence-electron chi connectivity index (χ3n) is 8.22. The number of hydrogen-bond donors (Lipinski definition) is 3.